The van der Waals surface area contributed by atoms with Crippen LogP contribution in [0.15, 0.2) is 29.6 Å². The molecule has 6 bridgehead atoms. The lowest BCUT2D eigenvalue weighted by atomic mass is 9.89. The molecule has 0 spiro atoms. The van der Waals surface area contributed by atoms with Gasteiger partial charge in [-0.25, -0.2) is 0 Å². The van der Waals surface area contributed by atoms with E-state index in [0.717, 1.165) is 23.1 Å². The van der Waals surface area contributed by atoms with E-state index in [1.807, 2.05) is 13.8 Å². The lowest BCUT2D eigenvalue weighted by molar-refractivity contribution is 0.222. The normalized spacial score (nSPS) is 38.3. The van der Waals surface area contributed by atoms with Gasteiger partial charge in [0, 0.05) is 5.31 Å². The molecule has 0 saturated heterocycles. The van der Waals surface area contributed by atoms with E-state index in [1.165, 1.54) is 23.1 Å². The summed E-state index contributed by atoms with van der Waals surface area (Å²) in [6, 6.07) is 8.71. The lowest BCUT2D eigenvalue weighted by Crippen LogP contribution is -2.10. The first kappa shape index (κ1) is 15.4. The Bertz CT molecular complexity index is 756. The van der Waals surface area contributed by atoms with Gasteiger partial charge >= 0.3 is 7.60 Å². The summed E-state index contributed by atoms with van der Waals surface area (Å²) >= 11 is 0. The molecule has 6 atom stereocenters. The van der Waals surface area contributed by atoms with Crippen molar-refractivity contribution >= 4 is 13.2 Å². The Morgan fingerprint density at radius 2 is 1.62 bits per heavy atom. The standard InChI is InChI=1S/C20H25O3P/c1-4-22-24(21,23-5-2)20-15(12-8-6-11(3)7-9-12)16-14-10-13-17(16)18(13)19(14)20/h6-9,13-14,16-19H,4-5,10H2,1-3H3/t13-,14+,16-,17?,18?,19-/m1/s1. The summed E-state index contributed by atoms with van der Waals surface area (Å²) in [5, 5.41) is 1.05. The summed E-state index contributed by atoms with van der Waals surface area (Å²) in [4.78, 5) is 0. The summed E-state index contributed by atoms with van der Waals surface area (Å²) in [7, 11) is -3.18. The fraction of sp³-hybridized carbons (Fsp3) is 0.600. The van der Waals surface area contributed by atoms with Crippen molar-refractivity contribution < 1.29 is 13.6 Å². The Morgan fingerprint density at radius 1 is 1.00 bits per heavy atom. The lowest BCUT2D eigenvalue weighted by Gasteiger charge is -2.26. The molecule has 0 aromatic heterocycles. The fourth-order valence-corrected chi connectivity index (χ4v) is 8.55. The molecule has 4 heteroatoms. The summed E-state index contributed by atoms with van der Waals surface area (Å²) < 4.78 is 25.3. The van der Waals surface area contributed by atoms with Gasteiger partial charge in [0.2, 0.25) is 0 Å². The molecule has 128 valence electrons. The molecule has 3 nitrogen and oxygen atoms in total. The van der Waals surface area contributed by atoms with E-state index in [0.29, 0.717) is 31.0 Å². The molecular weight excluding hydrogens is 319 g/mol. The Balaban J connectivity index is 1.68. The highest BCUT2D eigenvalue weighted by molar-refractivity contribution is 7.58. The third kappa shape index (κ3) is 1.79. The maximum Gasteiger partial charge on any atom is 0.357 e. The number of hydrogen-bond donors (Lipinski definition) is 0. The van der Waals surface area contributed by atoms with Crippen LogP contribution in [0.25, 0.3) is 5.57 Å². The van der Waals surface area contributed by atoms with Crippen LogP contribution in [-0.4, -0.2) is 13.2 Å². The average Bonchev–Trinajstić information content (AvgIpc) is 2.89. The van der Waals surface area contributed by atoms with E-state index in [2.05, 4.69) is 31.2 Å². The van der Waals surface area contributed by atoms with Crippen LogP contribution < -0.4 is 0 Å². The second-order valence-corrected chi connectivity index (χ2v) is 9.76. The van der Waals surface area contributed by atoms with Crippen molar-refractivity contribution in [3.8, 4) is 0 Å². The van der Waals surface area contributed by atoms with E-state index in [-0.39, 0.29) is 0 Å². The SMILES string of the molecule is CCOP(=O)(OCC)C1=C(c2ccc(C)cc2)[C@@H]2C3C4[C@@H]3C[C@@H]2[C@@H]14. The van der Waals surface area contributed by atoms with E-state index < -0.39 is 7.60 Å². The first-order valence-electron chi connectivity index (χ1n) is 9.31. The molecule has 4 fully saturated rings. The van der Waals surface area contributed by atoms with E-state index in [1.54, 1.807) is 0 Å². The molecule has 0 radical (unpaired) electrons. The van der Waals surface area contributed by atoms with Crippen molar-refractivity contribution in [2.24, 2.45) is 35.5 Å². The highest BCUT2D eigenvalue weighted by atomic mass is 31.2. The predicted octanol–water partition coefficient (Wildman–Crippen LogP) is 5.11. The van der Waals surface area contributed by atoms with Crippen molar-refractivity contribution in [2.75, 3.05) is 13.2 Å². The average molecular weight is 344 g/mol. The van der Waals surface area contributed by atoms with Crippen LogP contribution >= 0.6 is 7.60 Å². The van der Waals surface area contributed by atoms with Gasteiger partial charge in [-0.1, -0.05) is 29.8 Å². The van der Waals surface area contributed by atoms with Crippen LogP contribution in [0.1, 0.15) is 31.4 Å². The zero-order chi connectivity index (χ0) is 16.6. The predicted molar refractivity (Wildman–Crippen MR) is 94.5 cm³/mol. The highest BCUT2D eigenvalue weighted by Crippen LogP contribution is 2.87. The summed E-state index contributed by atoms with van der Waals surface area (Å²) in [5.74, 6) is 4.21. The van der Waals surface area contributed by atoms with E-state index >= 15 is 0 Å². The van der Waals surface area contributed by atoms with Crippen LogP contribution in [0, 0.1) is 42.4 Å². The molecule has 5 aliphatic rings. The van der Waals surface area contributed by atoms with Crippen molar-refractivity contribution in [3.63, 3.8) is 0 Å². The molecule has 0 heterocycles. The van der Waals surface area contributed by atoms with Crippen LogP contribution in [-0.2, 0) is 13.6 Å². The number of allylic oxidation sites excluding steroid dienone is 2. The summed E-state index contributed by atoms with van der Waals surface area (Å²) in [6.07, 6.45) is 1.32. The van der Waals surface area contributed by atoms with Crippen molar-refractivity contribution in [1.82, 2.24) is 0 Å². The zero-order valence-corrected chi connectivity index (χ0v) is 15.5. The second-order valence-electron chi connectivity index (χ2n) is 7.77. The second kappa shape index (κ2) is 5.06. The monoisotopic (exact) mass is 344 g/mol. The number of aryl methyl sites for hydroxylation is 1. The Kier molecular flexibility index (Phi) is 3.24. The van der Waals surface area contributed by atoms with Crippen molar-refractivity contribution in [1.29, 1.82) is 0 Å². The molecule has 2 unspecified atom stereocenters. The molecule has 24 heavy (non-hydrogen) atoms. The summed E-state index contributed by atoms with van der Waals surface area (Å²) in [5.41, 5.74) is 3.81. The Labute approximate surface area is 144 Å². The van der Waals surface area contributed by atoms with E-state index in [4.69, 9.17) is 9.05 Å². The molecule has 1 aromatic rings. The van der Waals surface area contributed by atoms with Gasteiger partial charge in [0.05, 0.1) is 13.2 Å². The maximum atomic E-state index is 13.7. The minimum atomic E-state index is -3.18. The van der Waals surface area contributed by atoms with Gasteiger partial charge in [0.15, 0.2) is 0 Å². The van der Waals surface area contributed by atoms with Gasteiger partial charge < -0.3 is 9.05 Å². The van der Waals surface area contributed by atoms with Crippen molar-refractivity contribution in [3.05, 3.63) is 40.7 Å². The number of benzene rings is 1. The third-order valence-electron chi connectivity index (χ3n) is 6.77. The van der Waals surface area contributed by atoms with Crippen molar-refractivity contribution in [2.45, 2.75) is 27.2 Å². The quantitative estimate of drug-likeness (QED) is 0.672. The van der Waals surface area contributed by atoms with E-state index in [9.17, 15) is 4.57 Å². The van der Waals surface area contributed by atoms with Crippen LogP contribution in [0.4, 0.5) is 0 Å². The Hall–Kier alpha value is -0.890. The minimum absolute atomic E-state index is 0.432. The molecule has 0 aliphatic heterocycles. The minimum Gasteiger partial charge on any atom is -0.306 e. The van der Waals surface area contributed by atoms with Crippen LogP contribution in [0.5, 0.6) is 0 Å². The highest BCUT2D eigenvalue weighted by Gasteiger charge is 2.79. The maximum absolute atomic E-state index is 13.7. The molecule has 0 N–H and O–H groups in total. The fourth-order valence-electron chi connectivity index (χ4n) is 6.22. The molecule has 5 aliphatic carbocycles. The molecule has 1 aromatic carbocycles. The topological polar surface area (TPSA) is 35.5 Å². The van der Waals surface area contributed by atoms with Gasteiger partial charge in [-0.15, -0.1) is 0 Å². The molecule has 0 amide bonds. The first-order chi connectivity index (χ1) is 11.6. The number of hydrogen-bond acceptors (Lipinski definition) is 3. The smallest absolute Gasteiger partial charge is 0.306 e. The van der Waals surface area contributed by atoms with Crippen LogP contribution in [0.2, 0.25) is 0 Å². The van der Waals surface area contributed by atoms with Crippen LogP contribution in [0.3, 0.4) is 0 Å². The van der Waals surface area contributed by atoms with Gasteiger partial charge in [0.25, 0.3) is 0 Å². The third-order valence-corrected chi connectivity index (χ3v) is 9.09. The summed E-state index contributed by atoms with van der Waals surface area (Å²) in [6.45, 7) is 6.79. The largest absolute Gasteiger partial charge is 0.357 e. The zero-order valence-electron chi connectivity index (χ0n) is 14.6. The first-order valence-corrected chi connectivity index (χ1v) is 10.9. The van der Waals surface area contributed by atoms with Gasteiger partial charge in [-0.3, -0.25) is 4.57 Å². The molecule has 6 rings (SSSR count). The van der Waals surface area contributed by atoms with Gasteiger partial charge in [-0.05, 0) is 73.8 Å². The van der Waals surface area contributed by atoms with Gasteiger partial charge in [-0.2, -0.15) is 0 Å². The molecule has 4 saturated carbocycles. The van der Waals surface area contributed by atoms with Gasteiger partial charge in [0.1, 0.15) is 0 Å². The Morgan fingerprint density at radius 3 is 2.21 bits per heavy atom. The number of rotatable bonds is 6. The molecular formula is C20H25O3P.